The van der Waals surface area contributed by atoms with E-state index >= 15 is 0 Å². The van der Waals surface area contributed by atoms with Crippen molar-refractivity contribution in [3.8, 4) is 0 Å². The SMILES string of the molecule is C1=CC(Cc2ccccc2)=N[N]1. The molecule has 1 aliphatic heterocycles. The first-order valence-electron chi connectivity index (χ1n) is 3.92. The van der Waals surface area contributed by atoms with Crippen molar-refractivity contribution in [1.29, 1.82) is 0 Å². The molecule has 0 fully saturated rings. The van der Waals surface area contributed by atoms with E-state index in [1.807, 2.05) is 24.3 Å². The van der Waals surface area contributed by atoms with Crippen LogP contribution in [-0.4, -0.2) is 5.71 Å². The lowest BCUT2D eigenvalue weighted by atomic mass is 10.1. The van der Waals surface area contributed by atoms with Gasteiger partial charge < -0.3 is 0 Å². The van der Waals surface area contributed by atoms with Crippen LogP contribution in [0.2, 0.25) is 0 Å². The highest BCUT2D eigenvalue weighted by molar-refractivity contribution is 5.97. The fourth-order valence-electron chi connectivity index (χ4n) is 1.16. The maximum Gasteiger partial charge on any atom is 0.0690 e. The van der Waals surface area contributed by atoms with Crippen LogP contribution in [0.4, 0.5) is 0 Å². The number of hydrogen-bond donors (Lipinski definition) is 0. The molecule has 1 aromatic rings. The summed E-state index contributed by atoms with van der Waals surface area (Å²) < 4.78 is 0. The van der Waals surface area contributed by atoms with Gasteiger partial charge in [0.05, 0.1) is 11.9 Å². The second-order valence-corrected chi connectivity index (χ2v) is 2.68. The molecule has 1 aromatic carbocycles. The third-order valence-electron chi connectivity index (χ3n) is 1.75. The Balaban J connectivity index is 2.09. The first-order valence-corrected chi connectivity index (χ1v) is 3.92. The van der Waals surface area contributed by atoms with Crippen molar-refractivity contribution in [1.82, 2.24) is 5.43 Å². The monoisotopic (exact) mass is 157 g/mol. The van der Waals surface area contributed by atoms with Gasteiger partial charge in [-0.1, -0.05) is 30.3 Å². The van der Waals surface area contributed by atoms with Gasteiger partial charge in [-0.2, -0.15) is 10.5 Å². The molecular weight excluding hydrogens is 148 g/mol. The van der Waals surface area contributed by atoms with Crippen molar-refractivity contribution < 1.29 is 0 Å². The highest BCUT2D eigenvalue weighted by atomic mass is 15.3. The molecule has 0 aromatic heterocycles. The Hall–Kier alpha value is -1.57. The summed E-state index contributed by atoms with van der Waals surface area (Å²) >= 11 is 0. The Bertz CT molecular complexity index is 312. The van der Waals surface area contributed by atoms with Crippen molar-refractivity contribution in [3.05, 3.63) is 48.2 Å². The summed E-state index contributed by atoms with van der Waals surface area (Å²) in [6, 6.07) is 10.3. The van der Waals surface area contributed by atoms with Crippen LogP contribution in [0, 0.1) is 0 Å². The van der Waals surface area contributed by atoms with E-state index in [9.17, 15) is 0 Å². The van der Waals surface area contributed by atoms with Crippen LogP contribution in [0.5, 0.6) is 0 Å². The quantitative estimate of drug-likeness (QED) is 0.625. The minimum atomic E-state index is 0.876. The predicted molar refractivity (Wildman–Crippen MR) is 48.9 cm³/mol. The topological polar surface area (TPSA) is 26.5 Å². The van der Waals surface area contributed by atoms with Gasteiger partial charge in [0.2, 0.25) is 0 Å². The van der Waals surface area contributed by atoms with Crippen LogP contribution in [0.15, 0.2) is 47.7 Å². The van der Waals surface area contributed by atoms with Gasteiger partial charge in [0.25, 0.3) is 0 Å². The van der Waals surface area contributed by atoms with Crippen molar-refractivity contribution in [2.24, 2.45) is 5.10 Å². The standard InChI is InChI=1S/C10H9N2/c1-2-4-9(5-3-1)8-10-6-7-11-12-10/h1-7H,8H2. The summed E-state index contributed by atoms with van der Waals surface area (Å²) in [5.74, 6) is 0. The molecule has 12 heavy (non-hydrogen) atoms. The summed E-state index contributed by atoms with van der Waals surface area (Å²) in [7, 11) is 0. The average molecular weight is 157 g/mol. The van der Waals surface area contributed by atoms with E-state index in [0.717, 1.165) is 12.1 Å². The molecule has 2 heteroatoms. The average Bonchev–Trinajstić information content (AvgIpc) is 2.59. The zero-order valence-corrected chi connectivity index (χ0v) is 6.64. The largest absolute Gasteiger partial charge is 0.159 e. The van der Waals surface area contributed by atoms with E-state index < -0.39 is 0 Å². The van der Waals surface area contributed by atoms with E-state index in [4.69, 9.17) is 0 Å². The number of hydrogen-bond acceptors (Lipinski definition) is 1. The van der Waals surface area contributed by atoms with E-state index in [2.05, 4.69) is 22.7 Å². The Labute approximate surface area is 71.6 Å². The highest BCUT2D eigenvalue weighted by Crippen LogP contribution is 2.03. The molecule has 0 N–H and O–H groups in total. The van der Waals surface area contributed by atoms with E-state index in [1.165, 1.54) is 5.56 Å². The molecule has 0 saturated heterocycles. The second kappa shape index (κ2) is 3.22. The molecule has 2 nitrogen and oxygen atoms in total. The highest BCUT2D eigenvalue weighted by Gasteiger charge is 2.01. The van der Waals surface area contributed by atoms with Gasteiger partial charge in [0, 0.05) is 6.42 Å². The van der Waals surface area contributed by atoms with Crippen LogP contribution in [0.25, 0.3) is 0 Å². The molecule has 0 atom stereocenters. The lowest BCUT2D eigenvalue weighted by Gasteiger charge is -1.96. The molecule has 0 bridgehead atoms. The third kappa shape index (κ3) is 1.53. The smallest absolute Gasteiger partial charge is 0.0690 e. The predicted octanol–water partition coefficient (Wildman–Crippen LogP) is 1.72. The summed E-state index contributed by atoms with van der Waals surface area (Å²) in [5, 5.41) is 3.96. The number of rotatable bonds is 2. The van der Waals surface area contributed by atoms with Gasteiger partial charge in [-0.15, -0.1) is 0 Å². The third-order valence-corrected chi connectivity index (χ3v) is 1.75. The van der Waals surface area contributed by atoms with Crippen molar-refractivity contribution >= 4 is 5.71 Å². The summed E-state index contributed by atoms with van der Waals surface area (Å²) in [6.45, 7) is 0. The van der Waals surface area contributed by atoms with Crippen molar-refractivity contribution in [2.45, 2.75) is 6.42 Å². The van der Waals surface area contributed by atoms with Crippen molar-refractivity contribution in [3.63, 3.8) is 0 Å². The Morgan fingerprint density at radius 1 is 1.08 bits per heavy atom. The van der Waals surface area contributed by atoms with E-state index in [0.29, 0.717) is 0 Å². The normalized spacial score (nSPS) is 14.2. The molecule has 1 radical (unpaired) electrons. The van der Waals surface area contributed by atoms with Crippen LogP contribution < -0.4 is 5.43 Å². The zero-order valence-electron chi connectivity index (χ0n) is 6.64. The van der Waals surface area contributed by atoms with E-state index in [-0.39, 0.29) is 0 Å². The minimum absolute atomic E-state index is 0.876. The Kier molecular flexibility index (Phi) is 1.90. The van der Waals surface area contributed by atoms with Crippen LogP contribution >= 0.6 is 0 Å². The van der Waals surface area contributed by atoms with Gasteiger partial charge >= 0.3 is 0 Å². The zero-order chi connectivity index (χ0) is 8.23. The Morgan fingerprint density at radius 3 is 2.58 bits per heavy atom. The maximum absolute atomic E-state index is 3.96. The van der Waals surface area contributed by atoms with Gasteiger partial charge in [0.15, 0.2) is 0 Å². The number of allylic oxidation sites excluding steroid dienone is 1. The van der Waals surface area contributed by atoms with Gasteiger partial charge in [-0.25, -0.2) is 0 Å². The van der Waals surface area contributed by atoms with Crippen LogP contribution in [0.3, 0.4) is 0 Å². The summed E-state index contributed by atoms with van der Waals surface area (Å²) in [4.78, 5) is 0. The van der Waals surface area contributed by atoms with Crippen molar-refractivity contribution in [2.75, 3.05) is 0 Å². The first-order chi connectivity index (χ1) is 5.95. The molecule has 59 valence electrons. The molecule has 0 unspecified atom stereocenters. The minimum Gasteiger partial charge on any atom is -0.159 e. The molecule has 0 aliphatic carbocycles. The molecule has 0 amide bonds. The lowest BCUT2D eigenvalue weighted by Crippen LogP contribution is -1.96. The number of nitrogens with zero attached hydrogens (tertiary/aromatic N) is 2. The fourth-order valence-corrected chi connectivity index (χ4v) is 1.16. The molecule has 0 spiro atoms. The summed E-state index contributed by atoms with van der Waals surface area (Å²) in [5.41, 5.74) is 6.07. The first kappa shape index (κ1) is 7.10. The fraction of sp³-hybridized carbons (Fsp3) is 0.100. The number of benzene rings is 1. The molecule has 2 rings (SSSR count). The maximum atomic E-state index is 3.96. The summed E-state index contributed by atoms with van der Waals surface area (Å²) in [6.07, 6.45) is 4.53. The van der Waals surface area contributed by atoms with Crippen LogP contribution in [-0.2, 0) is 6.42 Å². The van der Waals surface area contributed by atoms with Gasteiger partial charge in [0.1, 0.15) is 0 Å². The van der Waals surface area contributed by atoms with E-state index in [1.54, 1.807) is 6.20 Å². The molecule has 0 saturated carbocycles. The Morgan fingerprint density at radius 2 is 1.92 bits per heavy atom. The molecule has 1 heterocycles. The second-order valence-electron chi connectivity index (χ2n) is 2.68. The van der Waals surface area contributed by atoms with Gasteiger partial charge in [-0.3, -0.25) is 0 Å². The molecule has 1 aliphatic rings. The molecular formula is C10H9N2. The van der Waals surface area contributed by atoms with Gasteiger partial charge in [-0.05, 0) is 11.6 Å². The lowest BCUT2D eigenvalue weighted by molar-refractivity contribution is 0.966. The van der Waals surface area contributed by atoms with Crippen LogP contribution in [0.1, 0.15) is 5.56 Å².